The van der Waals surface area contributed by atoms with Crippen LogP contribution in [0.4, 0.5) is 0 Å². The molecular formula is C20H24BrNO2. The molecule has 24 heavy (non-hydrogen) atoms. The van der Waals surface area contributed by atoms with E-state index in [2.05, 4.69) is 33.4 Å². The molecule has 1 N–H and O–H groups in total. The Morgan fingerprint density at radius 2 is 1.83 bits per heavy atom. The molecule has 0 radical (unpaired) electrons. The van der Waals surface area contributed by atoms with Crippen LogP contribution in [0, 0.1) is 20.8 Å². The Morgan fingerprint density at radius 3 is 2.54 bits per heavy atom. The summed E-state index contributed by atoms with van der Waals surface area (Å²) in [6.45, 7) is 6.78. The van der Waals surface area contributed by atoms with Crippen molar-refractivity contribution >= 4 is 21.8 Å². The van der Waals surface area contributed by atoms with Gasteiger partial charge in [-0.2, -0.15) is 0 Å². The smallest absolute Gasteiger partial charge is 0.257 e. The molecule has 128 valence electrons. The molecule has 0 unspecified atom stereocenters. The number of nitrogens with one attached hydrogen (secondary N) is 1. The first-order valence-electron chi connectivity index (χ1n) is 8.18. The van der Waals surface area contributed by atoms with Gasteiger partial charge in [0.15, 0.2) is 6.61 Å². The van der Waals surface area contributed by atoms with Crippen molar-refractivity contribution in [2.75, 3.05) is 13.2 Å². The van der Waals surface area contributed by atoms with E-state index in [9.17, 15) is 4.79 Å². The Labute approximate surface area is 152 Å². The highest BCUT2D eigenvalue weighted by Gasteiger charge is 2.10. The van der Waals surface area contributed by atoms with Gasteiger partial charge in [0, 0.05) is 11.0 Å². The number of ether oxygens (including phenoxy) is 1. The second-order valence-corrected chi connectivity index (χ2v) is 6.78. The molecule has 2 aromatic rings. The number of carbonyl (C=O) groups excluding carboxylic acids is 1. The van der Waals surface area contributed by atoms with Gasteiger partial charge in [0.1, 0.15) is 5.75 Å². The van der Waals surface area contributed by atoms with E-state index in [0.29, 0.717) is 6.54 Å². The normalized spacial score (nSPS) is 10.5. The first-order valence-corrected chi connectivity index (χ1v) is 8.98. The summed E-state index contributed by atoms with van der Waals surface area (Å²) in [6.07, 6.45) is 1.89. The van der Waals surface area contributed by atoms with E-state index in [-0.39, 0.29) is 12.5 Å². The molecule has 2 rings (SSSR count). The summed E-state index contributed by atoms with van der Waals surface area (Å²) in [6, 6.07) is 12.3. The number of aryl methyl sites for hydroxylation is 2. The monoisotopic (exact) mass is 389 g/mol. The van der Waals surface area contributed by atoms with Gasteiger partial charge in [-0.3, -0.25) is 4.79 Å². The molecule has 0 aromatic heterocycles. The molecule has 0 bridgehead atoms. The summed E-state index contributed by atoms with van der Waals surface area (Å²) in [5.74, 6) is 0.688. The summed E-state index contributed by atoms with van der Waals surface area (Å²) in [7, 11) is 0. The molecule has 2 aromatic carbocycles. The first kappa shape index (κ1) is 18.5. The molecule has 0 spiro atoms. The second-order valence-electron chi connectivity index (χ2n) is 5.98. The Morgan fingerprint density at radius 1 is 1.12 bits per heavy atom. The van der Waals surface area contributed by atoms with E-state index >= 15 is 0 Å². The second kappa shape index (κ2) is 8.88. The lowest BCUT2D eigenvalue weighted by molar-refractivity contribution is -0.123. The maximum atomic E-state index is 11.9. The number of hydrogen-bond acceptors (Lipinski definition) is 2. The molecule has 0 aliphatic heterocycles. The van der Waals surface area contributed by atoms with Gasteiger partial charge in [-0.05, 0) is 61.9 Å². The van der Waals surface area contributed by atoms with Gasteiger partial charge in [0.25, 0.3) is 5.91 Å². The number of rotatable bonds is 7. The van der Waals surface area contributed by atoms with Gasteiger partial charge < -0.3 is 10.1 Å². The highest BCUT2D eigenvalue weighted by atomic mass is 79.9. The van der Waals surface area contributed by atoms with Crippen molar-refractivity contribution in [2.45, 2.75) is 33.6 Å². The number of amides is 1. The van der Waals surface area contributed by atoms with Crippen LogP contribution in [0.3, 0.4) is 0 Å². The number of carbonyl (C=O) groups is 1. The third-order valence-electron chi connectivity index (χ3n) is 4.12. The van der Waals surface area contributed by atoms with Crippen LogP contribution in [0.5, 0.6) is 5.75 Å². The Bertz CT molecular complexity index is 699. The van der Waals surface area contributed by atoms with E-state index in [0.717, 1.165) is 39.8 Å². The molecule has 0 aliphatic rings. The highest BCUT2D eigenvalue weighted by molar-refractivity contribution is 9.10. The first-order chi connectivity index (χ1) is 11.5. The predicted octanol–water partition coefficient (Wildman–Crippen LogP) is 4.50. The lowest BCUT2D eigenvalue weighted by Gasteiger charge is -2.14. The van der Waals surface area contributed by atoms with Crippen molar-refractivity contribution in [3.8, 4) is 5.75 Å². The minimum absolute atomic E-state index is 0.0483. The summed E-state index contributed by atoms with van der Waals surface area (Å²) in [5.41, 5.74) is 4.61. The van der Waals surface area contributed by atoms with E-state index in [1.807, 2.05) is 45.0 Å². The van der Waals surface area contributed by atoms with Crippen LogP contribution >= 0.6 is 15.9 Å². The Balaban J connectivity index is 1.75. The minimum atomic E-state index is -0.0827. The molecule has 4 heteroatoms. The molecule has 3 nitrogen and oxygen atoms in total. The van der Waals surface area contributed by atoms with Gasteiger partial charge in [-0.25, -0.2) is 0 Å². The van der Waals surface area contributed by atoms with Crippen molar-refractivity contribution < 1.29 is 9.53 Å². The zero-order chi connectivity index (χ0) is 17.5. The van der Waals surface area contributed by atoms with E-state index in [1.54, 1.807) is 0 Å². The standard InChI is InChI=1S/C20H24BrNO2/c1-14-12-18(15(2)16(3)20(14)21)24-13-19(23)22-11-7-10-17-8-5-4-6-9-17/h4-6,8-9,12H,7,10-11,13H2,1-3H3,(H,22,23). The SMILES string of the molecule is Cc1cc(OCC(=O)NCCCc2ccccc2)c(C)c(C)c1Br. The van der Waals surface area contributed by atoms with E-state index in [1.165, 1.54) is 5.56 Å². The highest BCUT2D eigenvalue weighted by Crippen LogP contribution is 2.31. The third kappa shape index (κ3) is 5.10. The van der Waals surface area contributed by atoms with Crippen LogP contribution < -0.4 is 10.1 Å². The minimum Gasteiger partial charge on any atom is -0.483 e. The van der Waals surface area contributed by atoms with Crippen LogP contribution in [0.1, 0.15) is 28.7 Å². The molecular weight excluding hydrogens is 366 g/mol. The van der Waals surface area contributed by atoms with Crippen molar-refractivity contribution in [2.24, 2.45) is 0 Å². The van der Waals surface area contributed by atoms with Crippen molar-refractivity contribution in [3.63, 3.8) is 0 Å². The molecule has 0 fully saturated rings. The maximum absolute atomic E-state index is 11.9. The van der Waals surface area contributed by atoms with Crippen LogP contribution in [0.25, 0.3) is 0 Å². The van der Waals surface area contributed by atoms with Crippen molar-refractivity contribution in [1.29, 1.82) is 0 Å². The van der Waals surface area contributed by atoms with Crippen LogP contribution in [-0.2, 0) is 11.2 Å². The average Bonchev–Trinajstić information content (AvgIpc) is 2.59. The van der Waals surface area contributed by atoms with Gasteiger partial charge in [-0.15, -0.1) is 0 Å². The molecule has 0 atom stereocenters. The fourth-order valence-electron chi connectivity index (χ4n) is 2.52. The number of benzene rings is 2. The predicted molar refractivity (Wildman–Crippen MR) is 102 cm³/mol. The fraction of sp³-hybridized carbons (Fsp3) is 0.350. The Kier molecular flexibility index (Phi) is 6.85. The summed E-state index contributed by atoms with van der Waals surface area (Å²) in [5, 5.41) is 2.91. The van der Waals surface area contributed by atoms with Gasteiger partial charge in [-0.1, -0.05) is 46.3 Å². The zero-order valence-corrected chi connectivity index (χ0v) is 16.1. The number of halogens is 1. The van der Waals surface area contributed by atoms with Crippen molar-refractivity contribution in [3.05, 3.63) is 63.1 Å². The fourth-order valence-corrected chi connectivity index (χ4v) is 2.93. The largest absolute Gasteiger partial charge is 0.483 e. The van der Waals surface area contributed by atoms with Crippen molar-refractivity contribution in [1.82, 2.24) is 5.32 Å². The average molecular weight is 390 g/mol. The summed E-state index contributed by atoms with van der Waals surface area (Å²) in [4.78, 5) is 11.9. The third-order valence-corrected chi connectivity index (χ3v) is 5.34. The maximum Gasteiger partial charge on any atom is 0.257 e. The number of hydrogen-bond donors (Lipinski definition) is 1. The summed E-state index contributed by atoms with van der Waals surface area (Å²) < 4.78 is 6.79. The molecule has 0 saturated carbocycles. The lowest BCUT2D eigenvalue weighted by atomic mass is 10.1. The lowest BCUT2D eigenvalue weighted by Crippen LogP contribution is -2.30. The van der Waals surface area contributed by atoms with Gasteiger partial charge in [0.05, 0.1) is 0 Å². The molecule has 0 heterocycles. The van der Waals surface area contributed by atoms with Gasteiger partial charge in [0.2, 0.25) is 0 Å². The van der Waals surface area contributed by atoms with E-state index in [4.69, 9.17) is 4.74 Å². The van der Waals surface area contributed by atoms with Crippen LogP contribution in [0.2, 0.25) is 0 Å². The topological polar surface area (TPSA) is 38.3 Å². The quantitative estimate of drug-likeness (QED) is 0.707. The molecule has 1 amide bonds. The Hall–Kier alpha value is -1.81. The van der Waals surface area contributed by atoms with E-state index < -0.39 is 0 Å². The summed E-state index contributed by atoms with van der Waals surface area (Å²) >= 11 is 3.57. The molecule has 0 aliphatic carbocycles. The van der Waals surface area contributed by atoms with Crippen LogP contribution in [-0.4, -0.2) is 19.1 Å². The molecule has 0 saturated heterocycles. The van der Waals surface area contributed by atoms with Gasteiger partial charge >= 0.3 is 0 Å². The van der Waals surface area contributed by atoms with Crippen LogP contribution in [0.15, 0.2) is 40.9 Å². The zero-order valence-electron chi connectivity index (χ0n) is 14.5.